The van der Waals surface area contributed by atoms with Crippen LogP contribution in [0.2, 0.25) is 0 Å². The van der Waals surface area contributed by atoms with Gasteiger partial charge in [-0.1, -0.05) is 37.3 Å². The van der Waals surface area contributed by atoms with Gasteiger partial charge in [0.2, 0.25) is 0 Å². The van der Waals surface area contributed by atoms with Crippen molar-refractivity contribution in [1.29, 1.82) is 0 Å². The fraction of sp³-hybridized carbons (Fsp3) is 0.214. The highest BCUT2D eigenvalue weighted by molar-refractivity contribution is 5.31. The van der Waals surface area contributed by atoms with Crippen LogP contribution in [0.3, 0.4) is 0 Å². The summed E-state index contributed by atoms with van der Waals surface area (Å²) in [6, 6.07) is 12.3. The van der Waals surface area contributed by atoms with Crippen LogP contribution in [0.15, 0.2) is 48.8 Å². The van der Waals surface area contributed by atoms with E-state index in [1.54, 1.807) is 6.20 Å². The van der Waals surface area contributed by atoms with Crippen molar-refractivity contribution in [1.82, 2.24) is 4.98 Å². The maximum Gasteiger partial charge on any atom is 0.0566 e. The third kappa shape index (κ3) is 2.28. The normalized spacial score (nSPS) is 12.4. The maximum absolute atomic E-state index is 6.17. The first-order valence-electron chi connectivity index (χ1n) is 5.55. The zero-order chi connectivity index (χ0) is 11.4. The van der Waals surface area contributed by atoms with Gasteiger partial charge in [-0.15, -0.1) is 0 Å². The molecule has 0 radical (unpaired) electrons. The summed E-state index contributed by atoms with van der Waals surface area (Å²) in [6.07, 6.45) is 4.64. The minimum atomic E-state index is -0.0837. The summed E-state index contributed by atoms with van der Waals surface area (Å²) in [6.45, 7) is 2.15. The molecule has 2 rings (SSSR count). The SMILES string of the molecule is CCc1ccc([C@@H](N)c2cccnc2)cc1. The lowest BCUT2D eigenvalue weighted by atomic mass is 9.99. The average molecular weight is 212 g/mol. The van der Waals surface area contributed by atoms with Gasteiger partial charge in [0.1, 0.15) is 0 Å². The van der Waals surface area contributed by atoms with Crippen molar-refractivity contribution in [2.75, 3.05) is 0 Å². The van der Waals surface area contributed by atoms with Gasteiger partial charge in [-0.2, -0.15) is 0 Å². The number of pyridine rings is 1. The Morgan fingerprint density at radius 1 is 1.12 bits per heavy atom. The molecule has 0 aliphatic heterocycles. The Balaban J connectivity index is 2.24. The molecule has 0 aliphatic rings. The van der Waals surface area contributed by atoms with E-state index in [-0.39, 0.29) is 6.04 Å². The number of aromatic nitrogens is 1. The molecule has 0 bridgehead atoms. The fourth-order valence-corrected chi connectivity index (χ4v) is 1.71. The zero-order valence-corrected chi connectivity index (χ0v) is 9.43. The Kier molecular flexibility index (Phi) is 3.32. The molecule has 0 aliphatic carbocycles. The molecule has 1 heterocycles. The first-order valence-corrected chi connectivity index (χ1v) is 5.55. The van der Waals surface area contributed by atoms with Crippen molar-refractivity contribution < 1.29 is 0 Å². The van der Waals surface area contributed by atoms with Gasteiger partial charge in [-0.05, 0) is 29.2 Å². The molecule has 0 spiro atoms. The molecule has 1 aromatic heterocycles. The summed E-state index contributed by atoms with van der Waals surface area (Å²) in [5, 5.41) is 0. The fourth-order valence-electron chi connectivity index (χ4n) is 1.71. The van der Waals surface area contributed by atoms with Crippen LogP contribution in [-0.2, 0) is 6.42 Å². The third-order valence-corrected chi connectivity index (χ3v) is 2.79. The first kappa shape index (κ1) is 10.8. The van der Waals surface area contributed by atoms with Crippen molar-refractivity contribution in [3.05, 3.63) is 65.5 Å². The van der Waals surface area contributed by atoms with Crippen molar-refractivity contribution in [3.8, 4) is 0 Å². The Hall–Kier alpha value is -1.67. The van der Waals surface area contributed by atoms with Gasteiger partial charge >= 0.3 is 0 Å². The molecule has 2 aromatic rings. The minimum Gasteiger partial charge on any atom is -0.320 e. The summed E-state index contributed by atoms with van der Waals surface area (Å²) in [5.41, 5.74) is 9.68. The lowest BCUT2D eigenvalue weighted by Gasteiger charge is -2.12. The Labute approximate surface area is 96.1 Å². The van der Waals surface area contributed by atoms with Crippen LogP contribution in [0.4, 0.5) is 0 Å². The van der Waals surface area contributed by atoms with Crippen LogP contribution in [0.25, 0.3) is 0 Å². The second kappa shape index (κ2) is 4.90. The van der Waals surface area contributed by atoms with E-state index >= 15 is 0 Å². The van der Waals surface area contributed by atoms with Crippen LogP contribution in [0, 0.1) is 0 Å². The van der Waals surface area contributed by atoms with Gasteiger partial charge in [-0.25, -0.2) is 0 Å². The zero-order valence-electron chi connectivity index (χ0n) is 9.43. The molecule has 0 saturated carbocycles. The predicted octanol–water partition coefficient (Wildman–Crippen LogP) is 2.69. The molecule has 2 N–H and O–H groups in total. The van der Waals surface area contributed by atoms with Gasteiger partial charge in [-0.3, -0.25) is 4.98 Å². The number of aryl methyl sites for hydroxylation is 1. The van der Waals surface area contributed by atoms with Gasteiger partial charge in [0.15, 0.2) is 0 Å². The lowest BCUT2D eigenvalue weighted by Crippen LogP contribution is -2.11. The van der Waals surface area contributed by atoms with E-state index in [0.29, 0.717) is 0 Å². The van der Waals surface area contributed by atoms with Crippen LogP contribution in [0.1, 0.15) is 29.7 Å². The lowest BCUT2D eigenvalue weighted by molar-refractivity contribution is 0.861. The second-order valence-corrected chi connectivity index (χ2v) is 3.86. The monoisotopic (exact) mass is 212 g/mol. The number of nitrogens with zero attached hydrogens (tertiary/aromatic N) is 1. The highest BCUT2D eigenvalue weighted by atomic mass is 14.7. The maximum atomic E-state index is 6.17. The van der Waals surface area contributed by atoms with E-state index in [4.69, 9.17) is 5.73 Å². The van der Waals surface area contributed by atoms with E-state index in [9.17, 15) is 0 Å². The van der Waals surface area contributed by atoms with Gasteiger partial charge in [0, 0.05) is 12.4 Å². The summed E-state index contributed by atoms with van der Waals surface area (Å²) >= 11 is 0. The average Bonchev–Trinajstić information content (AvgIpc) is 2.39. The predicted molar refractivity (Wildman–Crippen MR) is 66.1 cm³/mol. The number of hydrogen-bond donors (Lipinski definition) is 1. The molecular weight excluding hydrogens is 196 g/mol. The molecule has 1 atom stereocenters. The van der Waals surface area contributed by atoms with Gasteiger partial charge in [0.05, 0.1) is 6.04 Å². The molecule has 82 valence electrons. The number of hydrogen-bond acceptors (Lipinski definition) is 2. The quantitative estimate of drug-likeness (QED) is 0.849. The molecule has 2 heteroatoms. The van der Waals surface area contributed by atoms with Crippen LogP contribution >= 0.6 is 0 Å². The van der Waals surface area contributed by atoms with E-state index in [2.05, 4.69) is 36.2 Å². The van der Waals surface area contributed by atoms with Gasteiger partial charge < -0.3 is 5.73 Å². The molecule has 0 unspecified atom stereocenters. The summed E-state index contributed by atoms with van der Waals surface area (Å²) in [4.78, 5) is 4.08. The van der Waals surface area contributed by atoms with E-state index in [1.807, 2.05) is 18.3 Å². The van der Waals surface area contributed by atoms with Crippen molar-refractivity contribution in [2.45, 2.75) is 19.4 Å². The largest absolute Gasteiger partial charge is 0.320 e. The van der Waals surface area contributed by atoms with E-state index < -0.39 is 0 Å². The summed E-state index contributed by atoms with van der Waals surface area (Å²) in [5.74, 6) is 0. The Morgan fingerprint density at radius 2 is 1.88 bits per heavy atom. The highest BCUT2D eigenvalue weighted by Gasteiger charge is 2.07. The van der Waals surface area contributed by atoms with Crippen LogP contribution in [-0.4, -0.2) is 4.98 Å². The molecule has 0 fully saturated rings. The molecule has 0 amide bonds. The summed E-state index contributed by atoms with van der Waals surface area (Å²) < 4.78 is 0. The smallest absolute Gasteiger partial charge is 0.0566 e. The number of rotatable bonds is 3. The number of nitrogens with two attached hydrogens (primary N) is 1. The third-order valence-electron chi connectivity index (χ3n) is 2.79. The second-order valence-electron chi connectivity index (χ2n) is 3.86. The molecule has 1 aromatic carbocycles. The minimum absolute atomic E-state index is 0.0837. The molecule has 2 nitrogen and oxygen atoms in total. The van der Waals surface area contributed by atoms with Crippen LogP contribution < -0.4 is 5.73 Å². The summed E-state index contributed by atoms with van der Waals surface area (Å²) in [7, 11) is 0. The highest BCUT2D eigenvalue weighted by Crippen LogP contribution is 2.18. The topological polar surface area (TPSA) is 38.9 Å². The van der Waals surface area contributed by atoms with E-state index in [1.165, 1.54) is 5.56 Å². The molecular formula is C14H16N2. The Morgan fingerprint density at radius 3 is 2.44 bits per heavy atom. The van der Waals surface area contributed by atoms with E-state index in [0.717, 1.165) is 17.5 Å². The Bertz CT molecular complexity index is 434. The number of benzene rings is 1. The molecule has 16 heavy (non-hydrogen) atoms. The van der Waals surface area contributed by atoms with Crippen molar-refractivity contribution in [2.24, 2.45) is 5.73 Å². The first-order chi connectivity index (χ1) is 7.81. The van der Waals surface area contributed by atoms with Crippen LogP contribution in [0.5, 0.6) is 0 Å². The van der Waals surface area contributed by atoms with Crippen molar-refractivity contribution >= 4 is 0 Å². The molecule has 0 saturated heterocycles. The van der Waals surface area contributed by atoms with Gasteiger partial charge in [0.25, 0.3) is 0 Å². The standard InChI is InChI=1S/C14H16N2/c1-2-11-5-7-12(8-6-11)14(15)13-4-3-9-16-10-13/h3-10,14H,2,15H2,1H3/t14-/m1/s1. The van der Waals surface area contributed by atoms with Crippen molar-refractivity contribution in [3.63, 3.8) is 0 Å².